The molecule has 0 bridgehead atoms. The molecule has 1 rings (SSSR count). The zero-order valence-corrected chi connectivity index (χ0v) is 21.9. The van der Waals surface area contributed by atoms with Gasteiger partial charge in [-0.2, -0.15) is 0 Å². The molecule has 0 aliphatic carbocycles. The largest absolute Gasteiger partial charge is 0.461 e. The maximum Gasteiger partial charge on any atom is 0.328 e. The predicted molar refractivity (Wildman–Crippen MR) is 144 cm³/mol. The van der Waals surface area contributed by atoms with Crippen LogP contribution < -0.4 is 16.0 Å². The Morgan fingerprint density at radius 2 is 1.72 bits per heavy atom. The molecule has 2 atom stereocenters. The number of ether oxygens (including phenoxy) is 1. The minimum Gasteiger partial charge on any atom is -0.461 e. The van der Waals surface area contributed by atoms with Crippen molar-refractivity contribution < 1.29 is 23.9 Å². The molecule has 0 aromatic heterocycles. The van der Waals surface area contributed by atoms with Crippen molar-refractivity contribution in [2.75, 3.05) is 6.54 Å². The molecule has 1 aromatic rings. The highest BCUT2D eigenvalue weighted by atomic mass is 32.1. The summed E-state index contributed by atoms with van der Waals surface area (Å²) in [5, 5.41) is 15.5. The molecule has 0 spiro atoms. The summed E-state index contributed by atoms with van der Waals surface area (Å²) in [4.78, 5) is 48.8. The molecule has 4 N–H and O–H groups in total. The van der Waals surface area contributed by atoms with Gasteiger partial charge in [0.25, 0.3) is 0 Å². The summed E-state index contributed by atoms with van der Waals surface area (Å²) in [5.41, 5.74) is 0.949. The number of Topliss-reactive ketones (excluding diaryl/α,β-unsaturated/α-hetero) is 1. The zero-order chi connectivity index (χ0) is 26.9. The van der Waals surface area contributed by atoms with Crippen LogP contribution in [0.1, 0.15) is 58.4 Å². The van der Waals surface area contributed by atoms with Gasteiger partial charge in [-0.15, -0.1) is 0 Å². The van der Waals surface area contributed by atoms with Crippen molar-refractivity contribution in [3.8, 4) is 0 Å². The van der Waals surface area contributed by atoms with Gasteiger partial charge >= 0.3 is 5.97 Å². The Morgan fingerprint density at radius 3 is 2.33 bits per heavy atom. The summed E-state index contributed by atoms with van der Waals surface area (Å²) in [5.74, 6) is -1.68. The molecule has 0 aliphatic heterocycles. The molecule has 1 aromatic carbocycles. The average Bonchev–Trinajstić information content (AvgIpc) is 2.83. The van der Waals surface area contributed by atoms with Gasteiger partial charge in [-0.05, 0) is 51.2 Å². The van der Waals surface area contributed by atoms with Crippen LogP contribution in [-0.4, -0.2) is 59.5 Å². The molecule has 0 saturated heterocycles. The predicted octanol–water partition coefficient (Wildman–Crippen LogP) is 2.73. The number of amides is 2. The lowest BCUT2D eigenvalue weighted by atomic mass is 10.1. The van der Waals surface area contributed by atoms with E-state index >= 15 is 0 Å². The fourth-order valence-electron chi connectivity index (χ4n) is 3.16. The van der Waals surface area contributed by atoms with Gasteiger partial charge in [0.05, 0.1) is 17.3 Å². The number of rotatable bonds is 16. The van der Waals surface area contributed by atoms with E-state index in [1.54, 1.807) is 19.9 Å². The van der Waals surface area contributed by atoms with Gasteiger partial charge in [0, 0.05) is 19.9 Å². The Balaban J connectivity index is 2.92. The quantitative estimate of drug-likeness (QED) is 0.0871. The van der Waals surface area contributed by atoms with Crippen LogP contribution >= 0.6 is 12.2 Å². The Morgan fingerprint density at radius 1 is 1.03 bits per heavy atom. The number of ketones is 1. The van der Waals surface area contributed by atoms with E-state index in [4.69, 9.17) is 22.4 Å². The summed E-state index contributed by atoms with van der Waals surface area (Å²) in [6, 6.07) is 7.77. The number of thiocarbonyl (C=S) groups is 1. The Labute approximate surface area is 217 Å². The molecular formula is C26H36N4O5S. The van der Waals surface area contributed by atoms with Crippen LogP contribution in [0.3, 0.4) is 0 Å². The number of nitrogens with one attached hydrogen (secondary N) is 4. The average molecular weight is 517 g/mol. The van der Waals surface area contributed by atoms with Crippen molar-refractivity contribution >= 4 is 53.1 Å². The molecule has 0 unspecified atom stereocenters. The zero-order valence-electron chi connectivity index (χ0n) is 21.0. The highest BCUT2D eigenvalue weighted by molar-refractivity contribution is 7.80. The van der Waals surface area contributed by atoms with Gasteiger partial charge in [0.15, 0.2) is 5.78 Å². The topological polar surface area (TPSA) is 137 Å². The third-order valence-electron chi connectivity index (χ3n) is 4.95. The van der Waals surface area contributed by atoms with E-state index in [1.807, 2.05) is 36.4 Å². The third-order valence-corrected chi connectivity index (χ3v) is 5.20. The van der Waals surface area contributed by atoms with Crippen molar-refractivity contribution in [1.29, 1.82) is 5.41 Å². The first-order chi connectivity index (χ1) is 17.1. The Hall–Kier alpha value is -3.40. The van der Waals surface area contributed by atoms with Crippen LogP contribution in [0.2, 0.25) is 0 Å². The van der Waals surface area contributed by atoms with Gasteiger partial charge < -0.3 is 26.1 Å². The van der Waals surface area contributed by atoms with Gasteiger partial charge in [-0.3, -0.25) is 14.4 Å². The Kier molecular flexibility index (Phi) is 14.5. The molecular weight excluding hydrogens is 480 g/mol. The van der Waals surface area contributed by atoms with Gasteiger partial charge in [0.1, 0.15) is 12.1 Å². The lowest BCUT2D eigenvalue weighted by Gasteiger charge is -2.23. The number of benzene rings is 1. The smallest absolute Gasteiger partial charge is 0.328 e. The van der Waals surface area contributed by atoms with Crippen LogP contribution in [0, 0.1) is 5.41 Å². The van der Waals surface area contributed by atoms with E-state index < -0.39 is 35.8 Å². The number of carbonyl (C=O) groups excluding carboxylic acids is 4. The minimum absolute atomic E-state index is 0.0130. The second kappa shape index (κ2) is 17.1. The van der Waals surface area contributed by atoms with Crippen LogP contribution in [0.25, 0.3) is 6.08 Å². The highest BCUT2D eigenvalue weighted by Gasteiger charge is 2.27. The monoisotopic (exact) mass is 516 g/mol. The van der Waals surface area contributed by atoms with E-state index in [9.17, 15) is 19.2 Å². The molecule has 0 aliphatic rings. The molecule has 2 amide bonds. The van der Waals surface area contributed by atoms with Crippen molar-refractivity contribution in [3.63, 3.8) is 0 Å². The first-order valence-corrected chi connectivity index (χ1v) is 12.4. The van der Waals surface area contributed by atoms with Crippen LogP contribution in [-0.2, 0) is 23.9 Å². The van der Waals surface area contributed by atoms with Crippen LogP contribution in [0.5, 0.6) is 0 Å². The van der Waals surface area contributed by atoms with Crippen molar-refractivity contribution in [2.24, 2.45) is 0 Å². The normalized spacial score (nSPS) is 12.4. The molecule has 0 heterocycles. The number of hydrogen-bond donors (Lipinski definition) is 4. The molecule has 9 nitrogen and oxygen atoms in total. The van der Waals surface area contributed by atoms with E-state index in [-0.39, 0.29) is 18.7 Å². The van der Waals surface area contributed by atoms with Crippen LogP contribution in [0.4, 0.5) is 0 Å². The summed E-state index contributed by atoms with van der Waals surface area (Å²) >= 11 is 5.41. The lowest BCUT2D eigenvalue weighted by Crippen LogP contribution is -2.51. The second-order valence-corrected chi connectivity index (χ2v) is 8.92. The van der Waals surface area contributed by atoms with Crippen molar-refractivity contribution in [2.45, 2.75) is 71.1 Å². The summed E-state index contributed by atoms with van der Waals surface area (Å²) in [6.07, 6.45) is 5.41. The number of hydrogen-bond acceptors (Lipinski definition) is 7. The fourth-order valence-corrected chi connectivity index (χ4v) is 3.37. The summed E-state index contributed by atoms with van der Waals surface area (Å²) < 4.78 is 5.24. The molecule has 36 heavy (non-hydrogen) atoms. The van der Waals surface area contributed by atoms with Crippen molar-refractivity contribution in [3.05, 3.63) is 42.0 Å². The molecule has 196 valence electrons. The standard InChI is InChI=1S/C26H36N4O5S/c1-18(2)35-26(34)23(14-13-21(32)17-27)30-25(33)22(11-7-8-16-28-19(3)31)29-24(36)15-12-20-9-5-4-6-10-20/h4-6,9-10,12,15,17-18,22-23,27H,7-8,11,13-14,16H2,1-3H3,(H,28,31)(H,29,36)(H,30,33)/b15-12+,27-17?/t22-,23-/m0/s1. The first kappa shape index (κ1) is 30.6. The van der Waals surface area contributed by atoms with Crippen LogP contribution in [0.15, 0.2) is 36.4 Å². The van der Waals surface area contributed by atoms with Crippen molar-refractivity contribution in [1.82, 2.24) is 16.0 Å². The molecule has 0 saturated carbocycles. The van der Waals surface area contributed by atoms with E-state index in [0.717, 1.165) is 5.56 Å². The molecule has 0 radical (unpaired) electrons. The Bertz CT molecular complexity index is 934. The lowest BCUT2D eigenvalue weighted by molar-refractivity contribution is -0.151. The van der Waals surface area contributed by atoms with E-state index in [1.165, 1.54) is 6.92 Å². The minimum atomic E-state index is -1.04. The van der Waals surface area contributed by atoms with Gasteiger partial charge in [0.2, 0.25) is 11.8 Å². The molecule has 10 heteroatoms. The highest BCUT2D eigenvalue weighted by Crippen LogP contribution is 2.08. The maximum absolute atomic E-state index is 13.2. The number of esters is 1. The van der Waals surface area contributed by atoms with E-state index in [0.29, 0.717) is 37.0 Å². The maximum atomic E-state index is 13.2. The summed E-state index contributed by atoms with van der Waals surface area (Å²) in [7, 11) is 0. The second-order valence-electron chi connectivity index (χ2n) is 8.48. The fraction of sp³-hybridized carbons (Fsp3) is 0.462. The molecule has 0 fully saturated rings. The summed E-state index contributed by atoms with van der Waals surface area (Å²) in [6.45, 7) is 5.30. The third kappa shape index (κ3) is 13.5. The van der Waals surface area contributed by atoms with E-state index in [2.05, 4.69) is 16.0 Å². The first-order valence-electron chi connectivity index (χ1n) is 11.9. The van der Waals surface area contributed by atoms with Gasteiger partial charge in [-0.25, -0.2) is 4.79 Å². The number of unbranched alkanes of at least 4 members (excludes halogenated alkanes) is 1. The van der Waals surface area contributed by atoms with Gasteiger partial charge in [-0.1, -0.05) is 48.6 Å². The SMILES string of the molecule is CC(=O)NCCCC[C@H](NC(=S)/C=C/c1ccccc1)C(=O)N[C@@H](CCC(=O)C=N)C(=O)OC(C)C. The number of carbonyl (C=O) groups is 4.